The molecule has 0 heterocycles. The van der Waals surface area contributed by atoms with E-state index in [0.717, 1.165) is 5.56 Å². The Morgan fingerprint density at radius 3 is 2.33 bits per heavy atom. The molecule has 0 saturated carbocycles. The quantitative estimate of drug-likeness (QED) is 0.512. The topological polar surface area (TPSA) is 100 Å². The first-order chi connectivity index (χ1) is 11.4. The van der Waals surface area contributed by atoms with Gasteiger partial charge in [0.2, 0.25) is 0 Å². The minimum absolute atomic E-state index is 0.0497. The molecule has 0 bridgehead atoms. The van der Waals surface area contributed by atoms with Crippen molar-refractivity contribution in [3.8, 4) is 0 Å². The summed E-state index contributed by atoms with van der Waals surface area (Å²) in [4.78, 5) is 10.2. The van der Waals surface area contributed by atoms with Gasteiger partial charge >= 0.3 is 0 Å². The zero-order chi connectivity index (χ0) is 17.7. The highest BCUT2D eigenvalue weighted by Crippen LogP contribution is 2.22. The van der Waals surface area contributed by atoms with Crippen molar-refractivity contribution in [2.75, 3.05) is 6.61 Å². The maximum Gasteiger partial charge on any atom is 0.269 e. The smallest absolute Gasteiger partial charge is 0.269 e. The fraction of sp³-hybridized carbons (Fsp3) is 0.250. The number of nitro groups is 1. The van der Waals surface area contributed by atoms with Crippen LogP contribution in [0.4, 0.5) is 5.69 Å². The first-order valence-electron chi connectivity index (χ1n) is 7.23. The normalized spacial score (nSPS) is 13.5. The molecular weight excluding hydrogens is 355 g/mol. The largest absolute Gasteiger partial charge is 0.390 e. The van der Waals surface area contributed by atoms with E-state index < -0.39 is 17.1 Å². The molecule has 0 aliphatic rings. The molecular formula is C16H17Cl2N2O4+. The molecule has 2 aromatic rings. The van der Waals surface area contributed by atoms with E-state index >= 15 is 0 Å². The Morgan fingerprint density at radius 1 is 1.12 bits per heavy atom. The van der Waals surface area contributed by atoms with Crippen LogP contribution in [0.15, 0.2) is 42.5 Å². The number of nitrogens with zero attached hydrogens (tertiary/aromatic N) is 1. The monoisotopic (exact) mass is 371 g/mol. The Labute approximate surface area is 148 Å². The molecule has 0 aliphatic heterocycles. The highest BCUT2D eigenvalue weighted by atomic mass is 35.5. The van der Waals surface area contributed by atoms with Gasteiger partial charge in [0.15, 0.2) is 0 Å². The van der Waals surface area contributed by atoms with E-state index in [1.54, 1.807) is 17.4 Å². The van der Waals surface area contributed by atoms with E-state index in [0.29, 0.717) is 22.2 Å². The van der Waals surface area contributed by atoms with Crippen molar-refractivity contribution in [1.82, 2.24) is 0 Å². The lowest BCUT2D eigenvalue weighted by atomic mass is 10.0. The van der Waals surface area contributed by atoms with E-state index in [4.69, 9.17) is 23.2 Å². The molecule has 0 radical (unpaired) electrons. The summed E-state index contributed by atoms with van der Waals surface area (Å²) < 4.78 is 0. The minimum Gasteiger partial charge on any atom is -0.390 e. The number of nitrogens with two attached hydrogens (primary N) is 1. The minimum atomic E-state index is -0.960. The summed E-state index contributed by atoms with van der Waals surface area (Å²) in [6, 6.07) is 10.3. The van der Waals surface area contributed by atoms with Crippen molar-refractivity contribution in [3.63, 3.8) is 0 Å². The van der Waals surface area contributed by atoms with E-state index in [2.05, 4.69) is 0 Å². The van der Waals surface area contributed by atoms with E-state index in [1.807, 2.05) is 6.07 Å². The van der Waals surface area contributed by atoms with Gasteiger partial charge in [0, 0.05) is 17.7 Å². The predicted octanol–water partition coefficient (Wildman–Crippen LogP) is 2.06. The molecule has 2 rings (SSSR count). The van der Waals surface area contributed by atoms with Gasteiger partial charge < -0.3 is 15.5 Å². The number of aliphatic hydroxyl groups excluding tert-OH is 2. The van der Waals surface area contributed by atoms with Crippen molar-refractivity contribution in [2.45, 2.75) is 18.7 Å². The summed E-state index contributed by atoms with van der Waals surface area (Å²) in [6.07, 6.45) is -0.960. The highest BCUT2D eigenvalue weighted by molar-refractivity contribution is 6.42. The van der Waals surface area contributed by atoms with Crippen LogP contribution in [-0.2, 0) is 6.54 Å². The average Bonchev–Trinajstić information content (AvgIpc) is 2.58. The van der Waals surface area contributed by atoms with E-state index in [-0.39, 0.29) is 12.3 Å². The number of rotatable bonds is 7. The zero-order valence-electron chi connectivity index (χ0n) is 12.6. The van der Waals surface area contributed by atoms with Crippen LogP contribution in [0.5, 0.6) is 0 Å². The predicted molar refractivity (Wildman–Crippen MR) is 91.0 cm³/mol. The second-order valence-corrected chi connectivity index (χ2v) is 6.14. The molecule has 0 fully saturated rings. The number of hydrogen-bond donors (Lipinski definition) is 3. The van der Waals surface area contributed by atoms with Gasteiger partial charge in [-0.2, -0.15) is 0 Å². The maximum atomic E-state index is 10.7. The summed E-state index contributed by atoms with van der Waals surface area (Å²) in [5.41, 5.74) is 1.36. The molecule has 4 N–H and O–H groups in total. The van der Waals surface area contributed by atoms with Gasteiger partial charge in [0.25, 0.3) is 5.69 Å². The lowest BCUT2D eigenvalue weighted by Crippen LogP contribution is -2.90. The molecule has 2 aromatic carbocycles. The van der Waals surface area contributed by atoms with Gasteiger partial charge in [-0.25, -0.2) is 0 Å². The van der Waals surface area contributed by atoms with Crippen molar-refractivity contribution in [3.05, 3.63) is 73.8 Å². The van der Waals surface area contributed by atoms with Crippen molar-refractivity contribution in [1.29, 1.82) is 0 Å². The number of aliphatic hydroxyl groups is 2. The third kappa shape index (κ3) is 4.66. The van der Waals surface area contributed by atoms with Crippen molar-refractivity contribution in [2.24, 2.45) is 0 Å². The van der Waals surface area contributed by atoms with Crippen LogP contribution in [0.3, 0.4) is 0 Å². The van der Waals surface area contributed by atoms with Crippen LogP contribution in [0, 0.1) is 10.1 Å². The standard InChI is InChI=1S/C16H16Cl2N2O4/c17-13-6-1-10(7-14(13)18)8-19-15(9-21)16(22)11-2-4-12(5-3-11)20(23)24/h1-7,15-16,19,21-22H,8-9H2/p+1/t15-,16+/m0/s1. The third-order valence-corrected chi connectivity index (χ3v) is 4.44. The molecule has 0 amide bonds. The van der Waals surface area contributed by atoms with Crippen molar-refractivity contribution < 1.29 is 20.5 Å². The number of nitro benzene ring substituents is 1. The molecule has 0 unspecified atom stereocenters. The Kier molecular flexibility index (Phi) is 6.53. The van der Waals surface area contributed by atoms with Gasteiger partial charge in [-0.05, 0) is 29.8 Å². The van der Waals surface area contributed by atoms with Crippen LogP contribution in [0.25, 0.3) is 0 Å². The van der Waals surface area contributed by atoms with Crippen LogP contribution >= 0.6 is 23.2 Å². The number of quaternary nitrogens is 1. The zero-order valence-corrected chi connectivity index (χ0v) is 14.1. The number of non-ortho nitro benzene ring substituents is 1. The van der Waals surface area contributed by atoms with Gasteiger partial charge in [-0.3, -0.25) is 10.1 Å². The summed E-state index contributed by atoms with van der Waals surface area (Å²) in [7, 11) is 0. The van der Waals surface area contributed by atoms with E-state index in [1.165, 1.54) is 24.3 Å². The summed E-state index contributed by atoms with van der Waals surface area (Å²) in [5.74, 6) is 0. The van der Waals surface area contributed by atoms with Crippen LogP contribution in [-0.4, -0.2) is 27.8 Å². The number of hydrogen-bond acceptors (Lipinski definition) is 4. The maximum absolute atomic E-state index is 10.7. The molecule has 128 valence electrons. The molecule has 0 aromatic heterocycles. The lowest BCUT2D eigenvalue weighted by Gasteiger charge is -2.19. The molecule has 8 heteroatoms. The highest BCUT2D eigenvalue weighted by Gasteiger charge is 2.24. The van der Waals surface area contributed by atoms with Gasteiger partial charge in [0.1, 0.15) is 18.7 Å². The first-order valence-corrected chi connectivity index (χ1v) is 7.98. The second kappa shape index (κ2) is 8.41. The van der Waals surface area contributed by atoms with Gasteiger partial charge in [0.05, 0.1) is 21.6 Å². The van der Waals surface area contributed by atoms with E-state index in [9.17, 15) is 20.3 Å². The third-order valence-electron chi connectivity index (χ3n) is 3.70. The molecule has 2 atom stereocenters. The van der Waals surface area contributed by atoms with Crippen LogP contribution < -0.4 is 5.32 Å². The fourth-order valence-corrected chi connectivity index (χ4v) is 2.62. The molecule has 24 heavy (non-hydrogen) atoms. The number of benzene rings is 2. The molecule has 6 nitrogen and oxygen atoms in total. The van der Waals surface area contributed by atoms with Gasteiger partial charge in [-0.1, -0.05) is 29.3 Å². The Morgan fingerprint density at radius 2 is 1.79 bits per heavy atom. The summed E-state index contributed by atoms with van der Waals surface area (Å²) in [6.45, 7) is 0.242. The Hall–Kier alpha value is -1.70. The molecule has 0 aliphatic carbocycles. The molecule has 0 spiro atoms. The fourth-order valence-electron chi connectivity index (χ4n) is 2.30. The second-order valence-electron chi connectivity index (χ2n) is 5.33. The average molecular weight is 372 g/mol. The summed E-state index contributed by atoms with van der Waals surface area (Å²) >= 11 is 11.8. The number of halogens is 2. The summed E-state index contributed by atoms with van der Waals surface area (Å²) in [5, 5.41) is 33.3. The molecule has 0 saturated heterocycles. The van der Waals surface area contributed by atoms with Crippen molar-refractivity contribution >= 4 is 28.9 Å². The Bertz CT molecular complexity index is 710. The lowest BCUT2D eigenvalue weighted by molar-refractivity contribution is -0.714. The van der Waals surface area contributed by atoms with Crippen LogP contribution in [0.1, 0.15) is 17.2 Å². The SMILES string of the molecule is O=[N+]([O-])c1ccc([C@@H](O)[C@H](CO)[NH2+]Cc2ccc(Cl)c(Cl)c2)cc1. The van der Waals surface area contributed by atoms with Crippen LogP contribution in [0.2, 0.25) is 10.0 Å². The first kappa shape index (κ1) is 18.6. The Balaban J connectivity index is 2.03. The van der Waals surface area contributed by atoms with Gasteiger partial charge in [-0.15, -0.1) is 0 Å².